The van der Waals surface area contributed by atoms with E-state index in [0.717, 1.165) is 19.5 Å². The van der Waals surface area contributed by atoms with Crippen LogP contribution in [0.4, 0.5) is 0 Å². The molecule has 0 spiro atoms. The Morgan fingerprint density at radius 1 is 1.50 bits per heavy atom. The Kier molecular flexibility index (Phi) is 4.10. The lowest BCUT2D eigenvalue weighted by Crippen LogP contribution is -2.34. The van der Waals surface area contributed by atoms with Crippen LogP contribution in [0.2, 0.25) is 0 Å². The Labute approximate surface area is 111 Å². The highest BCUT2D eigenvalue weighted by Gasteiger charge is 2.36. The first kappa shape index (κ1) is 13.6. The first-order valence-corrected chi connectivity index (χ1v) is 7.28. The molecular weight excluding hydrogens is 222 g/mol. The van der Waals surface area contributed by atoms with E-state index in [1.807, 2.05) is 6.20 Å². The zero-order chi connectivity index (χ0) is 13.2. The summed E-state index contributed by atoms with van der Waals surface area (Å²) >= 11 is 0. The molecular formula is C15H27N3. The van der Waals surface area contributed by atoms with Crippen LogP contribution >= 0.6 is 0 Å². The summed E-state index contributed by atoms with van der Waals surface area (Å²) in [5.41, 5.74) is 6.41. The molecule has 1 saturated carbocycles. The van der Waals surface area contributed by atoms with E-state index in [0.29, 0.717) is 17.3 Å². The molecule has 1 aliphatic rings. The van der Waals surface area contributed by atoms with Crippen molar-refractivity contribution >= 4 is 0 Å². The van der Waals surface area contributed by atoms with Gasteiger partial charge in [0.15, 0.2) is 0 Å². The lowest BCUT2D eigenvalue weighted by Gasteiger charge is -2.40. The summed E-state index contributed by atoms with van der Waals surface area (Å²) in [5, 5.41) is 0. The van der Waals surface area contributed by atoms with Crippen molar-refractivity contribution < 1.29 is 0 Å². The molecule has 1 aromatic rings. The third-order valence-corrected chi connectivity index (χ3v) is 4.38. The number of nitrogens with two attached hydrogens (primary N) is 1. The highest BCUT2D eigenvalue weighted by atomic mass is 15.1. The Balaban J connectivity index is 2.24. The molecule has 2 unspecified atom stereocenters. The van der Waals surface area contributed by atoms with Gasteiger partial charge in [-0.05, 0) is 43.6 Å². The second-order valence-electron chi connectivity index (χ2n) is 6.49. The number of aryl methyl sites for hydroxylation is 1. The van der Waals surface area contributed by atoms with E-state index in [4.69, 9.17) is 5.73 Å². The first-order valence-electron chi connectivity index (χ1n) is 7.28. The summed E-state index contributed by atoms with van der Waals surface area (Å²) in [6.45, 7) is 8.83. The second kappa shape index (κ2) is 5.43. The minimum absolute atomic E-state index is 0.430. The maximum absolute atomic E-state index is 5.98. The van der Waals surface area contributed by atoms with Crippen molar-refractivity contribution in [3.8, 4) is 0 Å². The maximum atomic E-state index is 5.98. The molecule has 0 radical (unpaired) electrons. The van der Waals surface area contributed by atoms with Gasteiger partial charge in [0.25, 0.3) is 0 Å². The Bertz CT molecular complexity index is 381. The molecule has 18 heavy (non-hydrogen) atoms. The van der Waals surface area contributed by atoms with Gasteiger partial charge >= 0.3 is 0 Å². The smallest absolute Gasteiger partial charge is 0.112 e. The van der Waals surface area contributed by atoms with Crippen molar-refractivity contribution in [2.45, 2.75) is 58.9 Å². The quantitative estimate of drug-likeness (QED) is 0.890. The van der Waals surface area contributed by atoms with Gasteiger partial charge in [0.2, 0.25) is 0 Å². The van der Waals surface area contributed by atoms with Crippen molar-refractivity contribution in [3.05, 3.63) is 18.2 Å². The van der Waals surface area contributed by atoms with Crippen LogP contribution in [0.5, 0.6) is 0 Å². The van der Waals surface area contributed by atoms with Crippen molar-refractivity contribution in [1.82, 2.24) is 9.55 Å². The van der Waals surface area contributed by atoms with E-state index in [2.05, 4.69) is 36.5 Å². The van der Waals surface area contributed by atoms with E-state index in [-0.39, 0.29) is 0 Å². The van der Waals surface area contributed by atoms with Gasteiger partial charge in [0, 0.05) is 24.9 Å². The predicted molar refractivity (Wildman–Crippen MR) is 75.4 cm³/mol. The monoisotopic (exact) mass is 249 g/mol. The molecule has 0 saturated heterocycles. The van der Waals surface area contributed by atoms with Crippen molar-refractivity contribution in [2.24, 2.45) is 17.1 Å². The predicted octanol–water partition coefficient (Wildman–Crippen LogP) is 3.16. The summed E-state index contributed by atoms with van der Waals surface area (Å²) < 4.78 is 2.33. The molecule has 2 atom stereocenters. The number of nitrogens with zero attached hydrogens (tertiary/aromatic N) is 2. The average molecular weight is 249 g/mol. The molecule has 1 aliphatic carbocycles. The van der Waals surface area contributed by atoms with Crippen LogP contribution in [0, 0.1) is 11.3 Å². The highest BCUT2D eigenvalue weighted by molar-refractivity contribution is 5.07. The fourth-order valence-electron chi connectivity index (χ4n) is 3.31. The van der Waals surface area contributed by atoms with E-state index >= 15 is 0 Å². The van der Waals surface area contributed by atoms with Crippen molar-refractivity contribution in [3.63, 3.8) is 0 Å². The van der Waals surface area contributed by atoms with Crippen LogP contribution in [0.1, 0.15) is 58.2 Å². The highest BCUT2D eigenvalue weighted by Crippen LogP contribution is 2.45. The number of aromatic nitrogens is 2. The number of imidazole rings is 1. The van der Waals surface area contributed by atoms with Crippen molar-refractivity contribution in [1.29, 1.82) is 0 Å². The maximum Gasteiger partial charge on any atom is 0.112 e. The molecule has 1 fully saturated rings. The zero-order valence-electron chi connectivity index (χ0n) is 12.0. The standard InChI is InChI=1S/C15H27N3/c1-4-8-18-9-7-17-14(18)13-10-15(2,3)6-5-12(13)11-16/h7,9,12-13H,4-6,8,10-11,16H2,1-3H3. The zero-order valence-corrected chi connectivity index (χ0v) is 12.0. The van der Waals surface area contributed by atoms with Gasteiger partial charge < -0.3 is 10.3 Å². The van der Waals surface area contributed by atoms with Gasteiger partial charge in [-0.25, -0.2) is 4.98 Å². The largest absolute Gasteiger partial charge is 0.335 e. The summed E-state index contributed by atoms with van der Waals surface area (Å²) in [7, 11) is 0. The fourth-order valence-corrected chi connectivity index (χ4v) is 3.31. The topological polar surface area (TPSA) is 43.8 Å². The Morgan fingerprint density at radius 3 is 2.94 bits per heavy atom. The van der Waals surface area contributed by atoms with Gasteiger partial charge in [-0.1, -0.05) is 20.8 Å². The normalized spacial score (nSPS) is 27.3. The first-order chi connectivity index (χ1) is 8.57. The van der Waals surface area contributed by atoms with Gasteiger partial charge in [-0.2, -0.15) is 0 Å². The SMILES string of the molecule is CCCn1ccnc1C1CC(C)(C)CCC1CN. The Hall–Kier alpha value is -0.830. The minimum atomic E-state index is 0.430. The van der Waals surface area contributed by atoms with E-state index in [1.54, 1.807) is 0 Å². The van der Waals surface area contributed by atoms with Gasteiger partial charge in [0.1, 0.15) is 5.82 Å². The van der Waals surface area contributed by atoms with Gasteiger partial charge in [-0.15, -0.1) is 0 Å². The molecule has 0 bridgehead atoms. The lowest BCUT2D eigenvalue weighted by molar-refractivity contribution is 0.158. The molecule has 0 aliphatic heterocycles. The number of hydrogen-bond acceptors (Lipinski definition) is 2. The minimum Gasteiger partial charge on any atom is -0.335 e. The number of hydrogen-bond donors (Lipinski definition) is 1. The van der Waals surface area contributed by atoms with Crippen LogP contribution in [0.3, 0.4) is 0 Å². The average Bonchev–Trinajstić information content (AvgIpc) is 2.77. The van der Waals surface area contributed by atoms with E-state index in [1.165, 1.54) is 25.1 Å². The molecule has 102 valence electrons. The summed E-state index contributed by atoms with van der Waals surface area (Å²) in [6, 6.07) is 0. The van der Waals surface area contributed by atoms with Crippen molar-refractivity contribution in [2.75, 3.05) is 6.54 Å². The second-order valence-corrected chi connectivity index (χ2v) is 6.49. The van der Waals surface area contributed by atoms with Crippen LogP contribution in [0.25, 0.3) is 0 Å². The van der Waals surface area contributed by atoms with Crippen LogP contribution in [-0.2, 0) is 6.54 Å². The van der Waals surface area contributed by atoms with Crippen LogP contribution < -0.4 is 5.73 Å². The summed E-state index contributed by atoms with van der Waals surface area (Å²) in [5.74, 6) is 2.41. The summed E-state index contributed by atoms with van der Waals surface area (Å²) in [4.78, 5) is 4.63. The van der Waals surface area contributed by atoms with E-state index < -0.39 is 0 Å². The molecule has 1 aromatic heterocycles. The molecule has 0 aromatic carbocycles. The van der Waals surface area contributed by atoms with Gasteiger partial charge in [0.05, 0.1) is 0 Å². The third-order valence-electron chi connectivity index (χ3n) is 4.38. The number of rotatable bonds is 4. The molecule has 0 amide bonds. The van der Waals surface area contributed by atoms with Crippen LogP contribution in [-0.4, -0.2) is 16.1 Å². The molecule has 2 N–H and O–H groups in total. The molecule has 3 nitrogen and oxygen atoms in total. The molecule has 3 heteroatoms. The van der Waals surface area contributed by atoms with E-state index in [9.17, 15) is 0 Å². The molecule has 2 rings (SSSR count). The molecule has 1 heterocycles. The fraction of sp³-hybridized carbons (Fsp3) is 0.800. The Morgan fingerprint density at radius 2 is 2.28 bits per heavy atom. The third kappa shape index (κ3) is 2.77. The lowest BCUT2D eigenvalue weighted by atomic mass is 9.67. The van der Waals surface area contributed by atoms with Crippen LogP contribution in [0.15, 0.2) is 12.4 Å². The van der Waals surface area contributed by atoms with Gasteiger partial charge in [-0.3, -0.25) is 0 Å². The summed E-state index contributed by atoms with van der Waals surface area (Å²) in [6.07, 6.45) is 8.98.